The van der Waals surface area contributed by atoms with E-state index in [1.165, 1.54) is 24.6 Å². The molecule has 2 aromatic heterocycles. The van der Waals surface area contributed by atoms with Crippen molar-refractivity contribution in [2.75, 3.05) is 0 Å². The van der Waals surface area contributed by atoms with Gasteiger partial charge >= 0.3 is 17.8 Å². The van der Waals surface area contributed by atoms with Crippen LogP contribution in [0.2, 0.25) is 0 Å². The molecule has 28 heavy (non-hydrogen) atoms. The average Bonchev–Trinajstić information content (AvgIpc) is 3.26. The SMILES string of the molecule is Cc1nn(Cc2ccc(C(=O)N3N=CC[C@@]3(O)C(F)(F)F)o2)c(C)c1[N+](=O)[O-]. The minimum atomic E-state index is -5.11. The Bertz CT molecular complexity index is 979. The maximum absolute atomic E-state index is 13.1. The molecule has 0 unspecified atom stereocenters. The lowest BCUT2D eigenvalue weighted by molar-refractivity contribution is -0.386. The minimum Gasteiger partial charge on any atom is -0.454 e. The van der Waals surface area contributed by atoms with Gasteiger partial charge in [0.15, 0.2) is 5.76 Å². The number of aryl methyl sites for hydroxylation is 1. The maximum atomic E-state index is 13.1. The van der Waals surface area contributed by atoms with Crippen LogP contribution >= 0.6 is 0 Å². The van der Waals surface area contributed by atoms with E-state index in [1.54, 1.807) is 0 Å². The van der Waals surface area contributed by atoms with E-state index < -0.39 is 34.9 Å². The number of rotatable bonds is 4. The highest BCUT2D eigenvalue weighted by molar-refractivity contribution is 5.93. The van der Waals surface area contributed by atoms with Crippen molar-refractivity contribution in [2.24, 2.45) is 5.10 Å². The number of hydrogen-bond acceptors (Lipinski definition) is 7. The number of alkyl halides is 3. The quantitative estimate of drug-likeness (QED) is 0.618. The van der Waals surface area contributed by atoms with Crippen molar-refractivity contribution >= 4 is 17.8 Å². The molecule has 3 rings (SSSR count). The highest BCUT2D eigenvalue weighted by Crippen LogP contribution is 2.39. The van der Waals surface area contributed by atoms with Crippen molar-refractivity contribution < 1.29 is 32.4 Å². The Labute approximate surface area is 155 Å². The molecule has 0 saturated heterocycles. The number of aliphatic hydroxyl groups is 1. The van der Waals surface area contributed by atoms with Crippen LogP contribution < -0.4 is 0 Å². The van der Waals surface area contributed by atoms with Crippen LogP contribution in [0.5, 0.6) is 0 Å². The van der Waals surface area contributed by atoms with Crippen molar-refractivity contribution in [3.05, 3.63) is 45.2 Å². The molecule has 0 saturated carbocycles. The lowest BCUT2D eigenvalue weighted by Gasteiger charge is -2.31. The van der Waals surface area contributed by atoms with Crippen LogP contribution in [-0.4, -0.2) is 48.8 Å². The van der Waals surface area contributed by atoms with Gasteiger partial charge in [0.25, 0.3) is 5.72 Å². The number of halogens is 3. The van der Waals surface area contributed by atoms with Crippen LogP contribution in [0.1, 0.15) is 34.1 Å². The Morgan fingerprint density at radius 3 is 2.68 bits per heavy atom. The Hall–Kier alpha value is -3.22. The number of hydrazone groups is 1. The zero-order valence-corrected chi connectivity index (χ0v) is 14.6. The van der Waals surface area contributed by atoms with Crippen LogP contribution in [0.4, 0.5) is 18.9 Å². The van der Waals surface area contributed by atoms with E-state index in [2.05, 4.69) is 10.2 Å². The van der Waals surface area contributed by atoms with Gasteiger partial charge in [-0.15, -0.1) is 0 Å². The van der Waals surface area contributed by atoms with E-state index in [1.807, 2.05) is 0 Å². The van der Waals surface area contributed by atoms with Gasteiger partial charge in [0, 0.05) is 12.6 Å². The minimum absolute atomic E-state index is 0.0796. The number of amides is 1. The molecule has 1 atom stereocenters. The molecule has 0 radical (unpaired) electrons. The second-order valence-electron chi connectivity index (χ2n) is 6.13. The number of carbonyl (C=O) groups is 1. The Balaban J connectivity index is 1.83. The fraction of sp³-hybridized carbons (Fsp3) is 0.400. The molecule has 1 N–H and O–H groups in total. The van der Waals surface area contributed by atoms with Crippen LogP contribution in [0.25, 0.3) is 0 Å². The molecule has 0 aromatic carbocycles. The number of nitro groups is 1. The maximum Gasteiger partial charge on any atom is 0.438 e. The Morgan fingerprint density at radius 2 is 2.11 bits per heavy atom. The van der Waals surface area contributed by atoms with E-state index in [-0.39, 0.29) is 34.4 Å². The number of nitrogens with zero attached hydrogens (tertiary/aromatic N) is 5. The van der Waals surface area contributed by atoms with Crippen LogP contribution in [0.15, 0.2) is 21.7 Å². The molecule has 1 aliphatic heterocycles. The molecular weight excluding hydrogens is 387 g/mol. The van der Waals surface area contributed by atoms with Crippen molar-refractivity contribution in [3.8, 4) is 0 Å². The molecule has 0 fully saturated rings. The summed E-state index contributed by atoms with van der Waals surface area (Å²) in [5, 5.41) is 28.1. The number of carbonyl (C=O) groups excluding carboxylic acids is 1. The molecule has 3 heterocycles. The van der Waals surface area contributed by atoms with Crippen molar-refractivity contribution in [2.45, 2.75) is 38.7 Å². The summed E-state index contributed by atoms with van der Waals surface area (Å²) >= 11 is 0. The number of aromatic nitrogens is 2. The van der Waals surface area contributed by atoms with Gasteiger partial charge in [0.2, 0.25) is 0 Å². The van der Waals surface area contributed by atoms with E-state index in [0.29, 0.717) is 0 Å². The summed E-state index contributed by atoms with van der Waals surface area (Å²) in [6, 6.07) is 2.45. The van der Waals surface area contributed by atoms with Crippen molar-refractivity contribution in [1.29, 1.82) is 0 Å². The first-order valence-electron chi connectivity index (χ1n) is 7.89. The highest BCUT2D eigenvalue weighted by atomic mass is 19.4. The molecule has 1 amide bonds. The second kappa shape index (κ2) is 6.44. The Kier molecular flexibility index (Phi) is 4.49. The van der Waals surface area contributed by atoms with Crippen LogP contribution in [0, 0.1) is 24.0 Å². The predicted molar refractivity (Wildman–Crippen MR) is 86.4 cm³/mol. The first-order valence-corrected chi connectivity index (χ1v) is 7.89. The third kappa shape index (κ3) is 3.02. The summed E-state index contributed by atoms with van der Waals surface area (Å²) in [6.07, 6.45) is -5.23. The van der Waals surface area contributed by atoms with Crippen molar-refractivity contribution in [3.63, 3.8) is 0 Å². The topological polar surface area (TPSA) is 127 Å². The second-order valence-corrected chi connectivity index (χ2v) is 6.13. The lowest BCUT2D eigenvalue weighted by Crippen LogP contribution is -2.56. The predicted octanol–water partition coefficient (Wildman–Crippen LogP) is 2.13. The zero-order valence-electron chi connectivity index (χ0n) is 14.6. The van der Waals surface area contributed by atoms with Crippen molar-refractivity contribution in [1.82, 2.24) is 14.8 Å². The average molecular weight is 401 g/mol. The molecule has 0 aliphatic carbocycles. The van der Waals surface area contributed by atoms with Gasteiger partial charge in [-0.1, -0.05) is 0 Å². The van der Waals surface area contributed by atoms with E-state index >= 15 is 0 Å². The summed E-state index contributed by atoms with van der Waals surface area (Å²) in [5.41, 5.74) is -3.17. The van der Waals surface area contributed by atoms with Gasteiger partial charge in [-0.25, -0.2) is 0 Å². The van der Waals surface area contributed by atoms with Gasteiger partial charge in [-0.05, 0) is 26.0 Å². The number of furan rings is 1. The molecule has 0 bridgehead atoms. The molecule has 0 spiro atoms. The van der Waals surface area contributed by atoms with Crippen LogP contribution in [0.3, 0.4) is 0 Å². The van der Waals surface area contributed by atoms with Crippen LogP contribution in [-0.2, 0) is 6.54 Å². The smallest absolute Gasteiger partial charge is 0.438 e. The standard InChI is InChI=1S/C15H14F3N5O5/c1-8-12(23(26)27)9(2)21(20-8)7-10-3-4-11(28-10)13(24)22-14(25,5-6-19-22)15(16,17)18/h3-4,6,25H,5,7H2,1-2H3/t14-/m1/s1. The van der Waals surface area contributed by atoms with E-state index in [9.17, 15) is 33.2 Å². The first-order chi connectivity index (χ1) is 13.0. The molecule has 10 nitrogen and oxygen atoms in total. The molecule has 13 heteroatoms. The van der Waals surface area contributed by atoms with Gasteiger partial charge in [-0.3, -0.25) is 19.6 Å². The van der Waals surface area contributed by atoms with E-state index in [4.69, 9.17) is 4.42 Å². The van der Waals surface area contributed by atoms with Gasteiger partial charge in [-0.2, -0.15) is 28.4 Å². The summed E-state index contributed by atoms with van der Waals surface area (Å²) in [6.45, 7) is 2.86. The molecule has 2 aromatic rings. The third-order valence-electron chi connectivity index (χ3n) is 4.27. The zero-order chi connectivity index (χ0) is 20.9. The first kappa shape index (κ1) is 19.5. The summed E-state index contributed by atoms with van der Waals surface area (Å²) in [4.78, 5) is 22.8. The van der Waals surface area contributed by atoms with Gasteiger partial charge < -0.3 is 9.52 Å². The molecular formula is C15H14F3N5O5. The normalized spacial score (nSPS) is 19.4. The van der Waals surface area contributed by atoms with E-state index in [0.717, 1.165) is 12.3 Å². The number of hydrogen-bond donors (Lipinski definition) is 1. The molecule has 150 valence electrons. The highest BCUT2D eigenvalue weighted by Gasteiger charge is 2.61. The molecule has 1 aliphatic rings. The summed E-state index contributed by atoms with van der Waals surface area (Å²) in [5.74, 6) is -1.63. The summed E-state index contributed by atoms with van der Waals surface area (Å²) in [7, 11) is 0. The lowest BCUT2D eigenvalue weighted by atomic mass is 10.1. The fourth-order valence-corrected chi connectivity index (χ4v) is 2.82. The van der Waals surface area contributed by atoms with Gasteiger partial charge in [0.1, 0.15) is 17.1 Å². The fourth-order valence-electron chi connectivity index (χ4n) is 2.82. The van der Waals surface area contributed by atoms with Gasteiger partial charge in [0.05, 0.1) is 11.5 Å². The monoisotopic (exact) mass is 401 g/mol. The summed E-state index contributed by atoms with van der Waals surface area (Å²) < 4.78 is 45.8. The largest absolute Gasteiger partial charge is 0.454 e. The third-order valence-corrected chi connectivity index (χ3v) is 4.27. The Morgan fingerprint density at radius 1 is 1.43 bits per heavy atom.